The minimum absolute atomic E-state index is 1.35. The molecule has 0 aliphatic rings. The SMILES string of the molecule is [CH3][Ge]([CH3])([Br])[c]1ccc2cc[c]([Ge]([CH3])([CH3])[Br])cc2c1. The topological polar surface area (TPSA) is 0 Å². The maximum absolute atomic E-state index is 3.92. The van der Waals surface area contributed by atoms with Crippen molar-refractivity contribution in [2.75, 3.05) is 0 Å². The number of rotatable bonds is 2. The van der Waals surface area contributed by atoms with Gasteiger partial charge in [0.05, 0.1) is 0 Å². The Kier molecular flexibility index (Phi) is 4.43. The summed E-state index contributed by atoms with van der Waals surface area (Å²) in [4.78, 5) is 0. The minimum atomic E-state index is -1.90. The summed E-state index contributed by atoms with van der Waals surface area (Å²) in [5.74, 6) is 9.49. The van der Waals surface area contributed by atoms with E-state index < -0.39 is 22.8 Å². The van der Waals surface area contributed by atoms with Crippen molar-refractivity contribution in [2.45, 2.75) is 23.0 Å². The van der Waals surface area contributed by atoms with E-state index in [4.69, 9.17) is 0 Å². The van der Waals surface area contributed by atoms with Crippen LogP contribution in [0.1, 0.15) is 0 Å². The van der Waals surface area contributed by atoms with Crippen molar-refractivity contribution in [3.8, 4) is 0 Å². The quantitative estimate of drug-likeness (QED) is 0.545. The van der Waals surface area contributed by atoms with Gasteiger partial charge >= 0.3 is 130 Å². The van der Waals surface area contributed by atoms with E-state index in [1.807, 2.05) is 0 Å². The fourth-order valence-electron chi connectivity index (χ4n) is 1.99. The van der Waals surface area contributed by atoms with Gasteiger partial charge in [-0.25, -0.2) is 0 Å². The summed E-state index contributed by atoms with van der Waals surface area (Å²) in [6.07, 6.45) is 0. The number of halogens is 2. The predicted molar refractivity (Wildman–Crippen MR) is 96.0 cm³/mol. The first-order valence-electron chi connectivity index (χ1n) is 6.10. The van der Waals surface area contributed by atoms with Crippen LogP contribution in [-0.4, -0.2) is 22.8 Å². The molecule has 0 amide bonds. The Morgan fingerprint density at radius 1 is 0.667 bits per heavy atom. The van der Waals surface area contributed by atoms with Crippen LogP contribution in [0.3, 0.4) is 0 Å². The second kappa shape index (κ2) is 5.26. The van der Waals surface area contributed by atoms with Crippen LogP contribution in [-0.2, 0) is 0 Å². The summed E-state index contributed by atoms with van der Waals surface area (Å²) >= 11 is 4.05. The molecule has 96 valence electrons. The van der Waals surface area contributed by atoms with Crippen LogP contribution in [0.15, 0.2) is 36.4 Å². The molecule has 2 aromatic rings. The molecule has 0 saturated carbocycles. The maximum atomic E-state index is 3.92. The third kappa shape index (κ3) is 3.44. The number of fused-ring (bicyclic) bond motifs is 1. The van der Waals surface area contributed by atoms with Gasteiger partial charge in [-0.1, -0.05) is 0 Å². The summed E-state index contributed by atoms with van der Waals surface area (Å²) in [5, 5.41) is 2.74. The van der Waals surface area contributed by atoms with Crippen LogP contribution in [0.2, 0.25) is 23.0 Å². The Labute approximate surface area is 128 Å². The Bertz CT molecular complexity index is 532. The zero-order chi connectivity index (χ0) is 13.6. The Hall–Kier alpha value is 0.746. The monoisotopic (exact) mass is 492 g/mol. The van der Waals surface area contributed by atoms with Crippen molar-refractivity contribution in [3.05, 3.63) is 36.4 Å². The van der Waals surface area contributed by atoms with E-state index in [1.54, 1.807) is 0 Å². The molecule has 0 aliphatic heterocycles. The van der Waals surface area contributed by atoms with E-state index in [0.29, 0.717) is 0 Å². The van der Waals surface area contributed by atoms with Gasteiger partial charge in [-0.2, -0.15) is 0 Å². The van der Waals surface area contributed by atoms with Crippen LogP contribution in [0.25, 0.3) is 10.8 Å². The van der Waals surface area contributed by atoms with E-state index in [-0.39, 0.29) is 0 Å². The Balaban J connectivity index is 2.61. The van der Waals surface area contributed by atoms with E-state index >= 15 is 0 Å². The van der Waals surface area contributed by atoms with Gasteiger partial charge in [0.1, 0.15) is 0 Å². The predicted octanol–water partition coefficient (Wildman–Crippen LogP) is 4.45. The van der Waals surface area contributed by atoms with Gasteiger partial charge in [-0.3, -0.25) is 0 Å². The zero-order valence-electron chi connectivity index (χ0n) is 11.2. The third-order valence-corrected chi connectivity index (χ3v) is 15.0. The van der Waals surface area contributed by atoms with Crippen molar-refractivity contribution in [2.24, 2.45) is 0 Å². The van der Waals surface area contributed by atoms with Crippen molar-refractivity contribution in [1.82, 2.24) is 0 Å². The molecular weight excluding hydrogens is 473 g/mol. The molecule has 2 rings (SSSR count). The zero-order valence-corrected chi connectivity index (χ0v) is 18.6. The molecule has 18 heavy (non-hydrogen) atoms. The van der Waals surface area contributed by atoms with Crippen LogP contribution >= 0.6 is 28.0 Å². The fourth-order valence-corrected chi connectivity index (χ4v) is 8.65. The van der Waals surface area contributed by atoms with Gasteiger partial charge in [-0.05, 0) is 0 Å². The van der Waals surface area contributed by atoms with Crippen LogP contribution in [0.4, 0.5) is 0 Å². The van der Waals surface area contributed by atoms with Crippen LogP contribution in [0.5, 0.6) is 0 Å². The molecule has 0 spiro atoms. The van der Waals surface area contributed by atoms with Crippen molar-refractivity contribution in [1.29, 1.82) is 0 Å². The van der Waals surface area contributed by atoms with Crippen molar-refractivity contribution in [3.63, 3.8) is 0 Å². The van der Waals surface area contributed by atoms with Gasteiger partial charge < -0.3 is 0 Å². The molecule has 0 bridgehead atoms. The molecule has 0 aliphatic carbocycles. The summed E-state index contributed by atoms with van der Waals surface area (Å²) in [6.45, 7) is 0. The van der Waals surface area contributed by atoms with Crippen molar-refractivity contribution < 1.29 is 0 Å². The van der Waals surface area contributed by atoms with Gasteiger partial charge in [0.2, 0.25) is 0 Å². The molecule has 0 radical (unpaired) electrons. The number of benzene rings is 2. The first-order chi connectivity index (χ1) is 8.18. The molecule has 0 unspecified atom stereocenters. The molecule has 0 fully saturated rings. The van der Waals surface area contributed by atoms with Gasteiger partial charge in [0.25, 0.3) is 0 Å². The third-order valence-electron chi connectivity index (χ3n) is 3.21. The van der Waals surface area contributed by atoms with Gasteiger partial charge in [-0.15, -0.1) is 0 Å². The normalized spacial score (nSPS) is 13.0. The van der Waals surface area contributed by atoms with Crippen LogP contribution in [0, 0.1) is 0 Å². The Morgan fingerprint density at radius 3 is 1.39 bits per heavy atom. The molecule has 0 aromatic heterocycles. The van der Waals surface area contributed by atoms with Crippen LogP contribution < -0.4 is 8.79 Å². The van der Waals surface area contributed by atoms with Gasteiger partial charge in [0.15, 0.2) is 0 Å². The molecular formula is C14H18Br2Ge2. The average molecular weight is 491 g/mol. The first kappa shape index (κ1) is 15.1. The molecule has 4 heteroatoms. The molecule has 0 heterocycles. The average Bonchev–Trinajstić information content (AvgIpc) is 2.25. The number of hydrogen-bond donors (Lipinski definition) is 0. The molecule has 0 atom stereocenters. The van der Waals surface area contributed by atoms with E-state index in [2.05, 4.69) is 87.4 Å². The fraction of sp³-hybridized carbons (Fsp3) is 0.286. The summed E-state index contributed by atoms with van der Waals surface area (Å²) in [6, 6.07) is 13.9. The van der Waals surface area contributed by atoms with E-state index in [9.17, 15) is 0 Å². The first-order valence-corrected chi connectivity index (χ1v) is 26.4. The molecule has 0 nitrogen and oxygen atoms in total. The van der Waals surface area contributed by atoms with Gasteiger partial charge in [0, 0.05) is 0 Å². The summed E-state index contributed by atoms with van der Waals surface area (Å²) < 4.78 is 3.03. The van der Waals surface area contributed by atoms with E-state index in [0.717, 1.165) is 0 Å². The van der Waals surface area contributed by atoms with Crippen molar-refractivity contribution >= 4 is 70.4 Å². The molecule has 0 saturated heterocycles. The summed E-state index contributed by atoms with van der Waals surface area (Å²) in [7, 11) is 0. The molecule has 2 aromatic carbocycles. The second-order valence-corrected chi connectivity index (χ2v) is 41.1. The number of hydrogen-bond acceptors (Lipinski definition) is 0. The summed E-state index contributed by atoms with van der Waals surface area (Å²) in [5.41, 5.74) is 0. The standard InChI is InChI=1S/C14H18Br2Ge2/c1-17(2,15)13-7-5-11-6-8-14(18(3,4)16)10-12(11)9-13/h5-10H,1-4H3. The Morgan fingerprint density at radius 2 is 1.06 bits per heavy atom. The molecule has 0 N–H and O–H groups in total. The van der Waals surface area contributed by atoms with E-state index in [1.165, 1.54) is 19.6 Å². The second-order valence-electron chi connectivity index (χ2n) is 5.72.